The first kappa shape index (κ1) is 21.1. The highest BCUT2D eigenvalue weighted by molar-refractivity contribution is 5.46. The van der Waals surface area contributed by atoms with Crippen molar-refractivity contribution in [1.82, 2.24) is 14.1 Å². The van der Waals surface area contributed by atoms with Crippen molar-refractivity contribution in [3.63, 3.8) is 0 Å². The quantitative estimate of drug-likeness (QED) is 0.507. The Balaban J connectivity index is 1.85. The van der Waals surface area contributed by atoms with Crippen LogP contribution >= 0.6 is 0 Å². The molecule has 3 aromatic carbocycles. The summed E-state index contributed by atoms with van der Waals surface area (Å²) in [5, 5.41) is 0. The van der Waals surface area contributed by atoms with E-state index in [1.165, 1.54) is 7.11 Å². The standard InChI is InChI=1S/C24H21N3O5/c1-16-7-6-8-18(13-16)26-22(28)25-23(29)27(24(26)30)19-11-12-21(17(14-19)15-31-2)32-20-9-4-3-5-10-20/h3-14H,15H2,1-2H3,(H,25,28,29). The van der Waals surface area contributed by atoms with Gasteiger partial charge in [-0.05, 0) is 55.0 Å². The lowest BCUT2D eigenvalue weighted by molar-refractivity contribution is 0.182. The van der Waals surface area contributed by atoms with E-state index in [4.69, 9.17) is 9.47 Å². The predicted octanol–water partition coefficient (Wildman–Crippen LogP) is 2.92. The van der Waals surface area contributed by atoms with Crippen molar-refractivity contribution >= 4 is 0 Å². The maximum absolute atomic E-state index is 13.2. The maximum atomic E-state index is 13.2. The lowest BCUT2D eigenvalue weighted by Crippen LogP contribution is -2.48. The van der Waals surface area contributed by atoms with Crippen molar-refractivity contribution < 1.29 is 9.47 Å². The van der Waals surface area contributed by atoms with Crippen LogP contribution in [-0.4, -0.2) is 21.2 Å². The number of para-hydroxylation sites is 1. The molecule has 32 heavy (non-hydrogen) atoms. The molecule has 1 heterocycles. The van der Waals surface area contributed by atoms with Gasteiger partial charge >= 0.3 is 17.1 Å². The zero-order valence-electron chi connectivity index (χ0n) is 17.6. The Kier molecular flexibility index (Phi) is 5.87. The van der Waals surface area contributed by atoms with E-state index in [0.29, 0.717) is 22.7 Å². The minimum absolute atomic E-state index is 0.195. The number of H-pyrrole nitrogens is 1. The highest BCUT2D eigenvalue weighted by Crippen LogP contribution is 2.27. The zero-order chi connectivity index (χ0) is 22.7. The third-order valence-corrected chi connectivity index (χ3v) is 4.84. The van der Waals surface area contributed by atoms with Crippen molar-refractivity contribution in [3.05, 3.63) is 115 Å². The molecular weight excluding hydrogens is 410 g/mol. The van der Waals surface area contributed by atoms with Crippen LogP contribution in [0.15, 0.2) is 87.2 Å². The molecule has 0 atom stereocenters. The topological polar surface area (TPSA) is 95.3 Å². The van der Waals surface area contributed by atoms with Gasteiger partial charge in [-0.1, -0.05) is 30.3 Å². The molecule has 0 saturated carbocycles. The fraction of sp³-hybridized carbons (Fsp3) is 0.125. The summed E-state index contributed by atoms with van der Waals surface area (Å²) in [6, 6.07) is 21.0. The van der Waals surface area contributed by atoms with Gasteiger partial charge in [0, 0.05) is 12.7 Å². The molecule has 0 bridgehead atoms. The van der Waals surface area contributed by atoms with Crippen LogP contribution in [0.25, 0.3) is 11.4 Å². The highest BCUT2D eigenvalue weighted by atomic mass is 16.5. The SMILES string of the molecule is COCc1cc(-n2c(=O)[nH]c(=O)n(-c3cccc(C)c3)c2=O)ccc1Oc1ccccc1. The van der Waals surface area contributed by atoms with Gasteiger partial charge in [0.1, 0.15) is 11.5 Å². The number of ether oxygens (including phenoxy) is 2. The molecule has 0 spiro atoms. The van der Waals surface area contributed by atoms with Crippen LogP contribution in [0.3, 0.4) is 0 Å². The van der Waals surface area contributed by atoms with Crippen LogP contribution in [0.4, 0.5) is 0 Å². The third kappa shape index (κ3) is 4.17. The first-order valence-corrected chi connectivity index (χ1v) is 9.88. The fourth-order valence-corrected chi connectivity index (χ4v) is 3.39. The summed E-state index contributed by atoms with van der Waals surface area (Å²) in [5.74, 6) is 1.17. The predicted molar refractivity (Wildman–Crippen MR) is 120 cm³/mol. The summed E-state index contributed by atoms with van der Waals surface area (Å²) >= 11 is 0. The number of nitrogens with one attached hydrogen (secondary N) is 1. The average molecular weight is 431 g/mol. The van der Waals surface area contributed by atoms with Gasteiger partial charge in [-0.3, -0.25) is 4.98 Å². The molecule has 0 saturated heterocycles. The Morgan fingerprint density at radius 2 is 1.50 bits per heavy atom. The zero-order valence-corrected chi connectivity index (χ0v) is 17.6. The maximum Gasteiger partial charge on any atom is 0.345 e. The first-order valence-electron chi connectivity index (χ1n) is 9.88. The van der Waals surface area contributed by atoms with E-state index in [0.717, 1.165) is 14.7 Å². The van der Waals surface area contributed by atoms with E-state index in [2.05, 4.69) is 4.98 Å². The summed E-state index contributed by atoms with van der Waals surface area (Å²) in [5.41, 5.74) is -0.252. The Bertz CT molecular complexity index is 1430. The molecule has 162 valence electrons. The molecule has 4 aromatic rings. The number of hydrogen-bond acceptors (Lipinski definition) is 5. The molecule has 1 N–H and O–H groups in total. The highest BCUT2D eigenvalue weighted by Gasteiger charge is 2.15. The molecule has 0 amide bonds. The number of nitrogens with zero attached hydrogens (tertiary/aromatic N) is 2. The van der Waals surface area contributed by atoms with Gasteiger partial charge in [0.25, 0.3) is 0 Å². The van der Waals surface area contributed by atoms with Crippen molar-refractivity contribution in [3.8, 4) is 22.9 Å². The van der Waals surface area contributed by atoms with Gasteiger partial charge in [0.2, 0.25) is 0 Å². The van der Waals surface area contributed by atoms with Crippen molar-refractivity contribution in [2.45, 2.75) is 13.5 Å². The van der Waals surface area contributed by atoms with E-state index >= 15 is 0 Å². The Morgan fingerprint density at radius 1 is 0.812 bits per heavy atom. The molecule has 0 fully saturated rings. The number of aromatic nitrogens is 3. The molecular formula is C24H21N3O5. The largest absolute Gasteiger partial charge is 0.457 e. The smallest absolute Gasteiger partial charge is 0.345 e. The molecule has 0 aliphatic heterocycles. The Hall–Kier alpha value is -4.17. The van der Waals surface area contributed by atoms with Gasteiger partial charge < -0.3 is 9.47 Å². The fourth-order valence-electron chi connectivity index (χ4n) is 3.39. The second kappa shape index (κ2) is 8.91. The summed E-state index contributed by atoms with van der Waals surface area (Å²) in [6.45, 7) is 2.04. The second-order valence-electron chi connectivity index (χ2n) is 7.17. The summed E-state index contributed by atoms with van der Waals surface area (Å²) in [7, 11) is 1.54. The monoisotopic (exact) mass is 431 g/mol. The molecule has 0 radical (unpaired) electrons. The lowest BCUT2D eigenvalue weighted by Gasteiger charge is -2.14. The van der Waals surface area contributed by atoms with Gasteiger partial charge in [-0.25, -0.2) is 23.5 Å². The summed E-state index contributed by atoms with van der Waals surface area (Å²) < 4.78 is 13.0. The molecule has 1 aromatic heterocycles. The van der Waals surface area contributed by atoms with Crippen LogP contribution in [0, 0.1) is 6.92 Å². The Labute approximate surface area is 182 Å². The van der Waals surface area contributed by atoms with Gasteiger partial charge in [0.05, 0.1) is 18.0 Å². The molecule has 0 aliphatic rings. The Morgan fingerprint density at radius 3 is 2.16 bits per heavy atom. The number of aryl methyl sites for hydroxylation is 1. The molecule has 4 rings (SSSR count). The van der Waals surface area contributed by atoms with Crippen LogP contribution in [0.5, 0.6) is 11.5 Å². The van der Waals surface area contributed by atoms with Crippen molar-refractivity contribution in [2.24, 2.45) is 0 Å². The van der Waals surface area contributed by atoms with E-state index in [1.807, 2.05) is 43.3 Å². The third-order valence-electron chi connectivity index (χ3n) is 4.84. The van der Waals surface area contributed by atoms with Crippen LogP contribution in [0.1, 0.15) is 11.1 Å². The average Bonchev–Trinajstić information content (AvgIpc) is 2.76. The van der Waals surface area contributed by atoms with Crippen LogP contribution in [0.2, 0.25) is 0 Å². The summed E-state index contributed by atoms with van der Waals surface area (Å²) in [4.78, 5) is 40.5. The molecule has 0 unspecified atom stereocenters. The molecule has 0 aliphatic carbocycles. The normalized spacial score (nSPS) is 10.8. The first-order chi connectivity index (χ1) is 15.5. The summed E-state index contributed by atoms with van der Waals surface area (Å²) in [6.07, 6.45) is 0. The van der Waals surface area contributed by atoms with E-state index in [1.54, 1.807) is 36.4 Å². The van der Waals surface area contributed by atoms with Crippen molar-refractivity contribution in [1.29, 1.82) is 0 Å². The molecule has 8 nitrogen and oxygen atoms in total. The van der Waals surface area contributed by atoms with E-state index < -0.39 is 17.1 Å². The van der Waals surface area contributed by atoms with Gasteiger partial charge in [0.15, 0.2) is 0 Å². The number of hydrogen-bond donors (Lipinski definition) is 1. The number of benzene rings is 3. The van der Waals surface area contributed by atoms with Gasteiger partial charge in [-0.2, -0.15) is 0 Å². The number of rotatable bonds is 6. The van der Waals surface area contributed by atoms with Gasteiger partial charge in [-0.15, -0.1) is 0 Å². The number of aromatic amines is 1. The van der Waals surface area contributed by atoms with Crippen LogP contribution in [-0.2, 0) is 11.3 Å². The molecule has 8 heteroatoms. The van der Waals surface area contributed by atoms with Crippen LogP contribution < -0.4 is 21.8 Å². The number of methoxy groups -OCH3 is 1. The minimum Gasteiger partial charge on any atom is -0.457 e. The van der Waals surface area contributed by atoms with Crippen molar-refractivity contribution in [2.75, 3.05) is 7.11 Å². The second-order valence-corrected chi connectivity index (χ2v) is 7.17. The lowest BCUT2D eigenvalue weighted by atomic mass is 10.2. The van der Waals surface area contributed by atoms with E-state index in [9.17, 15) is 14.4 Å². The van der Waals surface area contributed by atoms with E-state index in [-0.39, 0.29) is 12.3 Å². The minimum atomic E-state index is -0.830.